The fourth-order valence-electron chi connectivity index (χ4n) is 1.05. The van der Waals surface area contributed by atoms with Gasteiger partial charge in [-0.15, -0.1) is 0 Å². The standard InChI is InChI=1S/C9H11BrN2O3/c1-15-4-2-3-7-11-5-6(10)8(12-7)9(13)14/h5H,2-4H2,1H3,(H,13,14). The van der Waals surface area contributed by atoms with Gasteiger partial charge in [-0.25, -0.2) is 14.8 Å². The summed E-state index contributed by atoms with van der Waals surface area (Å²) >= 11 is 3.08. The van der Waals surface area contributed by atoms with Crippen LogP contribution in [0.4, 0.5) is 0 Å². The molecule has 0 aromatic carbocycles. The molecular formula is C9H11BrN2O3. The third kappa shape index (κ3) is 3.56. The molecule has 0 bridgehead atoms. The highest BCUT2D eigenvalue weighted by molar-refractivity contribution is 9.10. The van der Waals surface area contributed by atoms with Crippen molar-refractivity contribution in [1.29, 1.82) is 0 Å². The van der Waals surface area contributed by atoms with E-state index in [0.29, 0.717) is 23.3 Å². The van der Waals surface area contributed by atoms with Gasteiger partial charge in [0.25, 0.3) is 0 Å². The van der Waals surface area contributed by atoms with Gasteiger partial charge in [0.05, 0.1) is 4.47 Å². The molecule has 1 heterocycles. The normalized spacial score (nSPS) is 10.3. The zero-order valence-corrected chi connectivity index (χ0v) is 9.82. The predicted molar refractivity (Wildman–Crippen MR) is 56.9 cm³/mol. The number of carboxylic acid groups (broad SMARTS) is 1. The first-order valence-corrected chi connectivity index (χ1v) is 5.18. The molecule has 0 fully saturated rings. The highest BCUT2D eigenvalue weighted by Crippen LogP contribution is 2.13. The van der Waals surface area contributed by atoms with Gasteiger partial charge in [-0.1, -0.05) is 0 Å². The molecule has 0 saturated heterocycles. The smallest absolute Gasteiger partial charge is 0.355 e. The molecule has 1 aromatic rings. The quantitative estimate of drug-likeness (QED) is 0.825. The van der Waals surface area contributed by atoms with E-state index in [1.54, 1.807) is 7.11 Å². The molecule has 0 amide bonds. The molecule has 0 unspecified atom stereocenters. The topological polar surface area (TPSA) is 72.3 Å². The second-order valence-corrected chi connectivity index (χ2v) is 3.74. The zero-order chi connectivity index (χ0) is 11.3. The molecule has 1 rings (SSSR count). The average molecular weight is 275 g/mol. The van der Waals surface area contributed by atoms with Crippen molar-refractivity contribution in [3.05, 3.63) is 22.2 Å². The maximum atomic E-state index is 10.8. The van der Waals surface area contributed by atoms with Crippen molar-refractivity contribution in [2.75, 3.05) is 13.7 Å². The van der Waals surface area contributed by atoms with Gasteiger partial charge in [-0.2, -0.15) is 0 Å². The number of hydrogen-bond donors (Lipinski definition) is 1. The lowest BCUT2D eigenvalue weighted by molar-refractivity contribution is 0.0688. The highest BCUT2D eigenvalue weighted by atomic mass is 79.9. The van der Waals surface area contributed by atoms with Crippen molar-refractivity contribution in [1.82, 2.24) is 9.97 Å². The fraction of sp³-hybridized carbons (Fsp3) is 0.444. The van der Waals surface area contributed by atoms with Crippen LogP contribution in [0.25, 0.3) is 0 Å². The Hall–Kier alpha value is -1.01. The van der Waals surface area contributed by atoms with E-state index in [1.807, 2.05) is 0 Å². The Morgan fingerprint density at radius 2 is 2.40 bits per heavy atom. The molecule has 0 radical (unpaired) electrons. The monoisotopic (exact) mass is 274 g/mol. The molecule has 0 spiro atoms. The van der Waals surface area contributed by atoms with E-state index in [0.717, 1.165) is 6.42 Å². The number of hydrogen-bond acceptors (Lipinski definition) is 4. The molecular weight excluding hydrogens is 264 g/mol. The molecule has 82 valence electrons. The minimum atomic E-state index is -1.06. The van der Waals surface area contributed by atoms with E-state index in [9.17, 15) is 4.79 Å². The van der Waals surface area contributed by atoms with E-state index < -0.39 is 5.97 Å². The molecule has 5 nitrogen and oxygen atoms in total. The largest absolute Gasteiger partial charge is 0.476 e. The van der Waals surface area contributed by atoms with Crippen LogP contribution in [-0.2, 0) is 11.2 Å². The summed E-state index contributed by atoms with van der Waals surface area (Å²) in [6.45, 7) is 0.613. The van der Waals surface area contributed by atoms with Crippen LogP contribution in [0.15, 0.2) is 10.7 Å². The van der Waals surface area contributed by atoms with Crippen molar-refractivity contribution >= 4 is 21.9 Å². The first kappa shape index (κ1) is 12.1. The molecule has 0 aliphatic rings. The minimum Gasteiger partial charge on any atom is -0.476 e. The first-order chi connectivity index (χ1) is 7.15. The minimum absolute atomic E-state index is 0.00239. The van der Waals surface area contributed by atoms with E-state index in [-0.39, 0.29) is 5.69 Å². The SMILES string of the molecule is COCCCc1ncc(Br)c(C(=O)O)n1. The van der Waals surface area contributed by atoms with Crippen molar-refractivity contribution in [3.8, 4) is 0 Å². The van der Waals surface area contributed by atoms with E-state index in [4.69, 9.17) is 9.84 Å². The summed E-state index contributed by atoms with van der Waals surface area (Å²) in [5.74, 6) is -0.537. The Kier molecular flexibility index (Phi) is 4.64. The van der Waals surface area contributed by atoms with Crippen LogP contribution in [0, 0.1) is 0 Å². The van der Waals surface area contributed by atoms with E-state index in [1.165, 1.54) is 6.20 Å². The number of aromatic nitrogens is 2. The molecule has 1 N–H and O–H groups in total. The molecule has 0 aliphatic heterocycles. The summed E-state index contributed by atoms with van der Waals surface area (Å²) in [7, 11) is 1.62. The number of aromatic carboxylic acids is 1. The van der Waals surface area contributed by atoms with Crippen molar-refractivity contribution in [2.45, 2.75) is 12.8 Å². The third-order valence-corrected chi connectivity index (χ3v) is 2.33. The summed E-state index contributed by atoms with van der Waals surface area (Å²) in [4.78, 5) is 18.7. The third-order valence-electron chi connectivity index (χ3n) is 1.75. The van der Waals surface area contributed by atoms with Crippen LogP contribution in [0.1, 0.15) is 22.7 Å². The molecule has 15 heavy (non-hydrogen) atoms. The molecule has 0 atom stereocenters. The Balaban J connectivity index is 2.74. The van der Waals surface area contributed by atoms with Gasteiger partial charge in [0.15, 0.2) is 5.69 Å². The van der Waals surface area contributed by atoms with Crippen molar-refractivity contribution in [3.63, 3.8) is 0 Å². The van der Waals surface area contributed by atoms with Gasteiger partial charge >= 0.3 is 5.97 Å². The molecule has 0 saturated carbocycles. The Labute approximate surface area is 95.6 Å². The lowest BCUT2D eigenvalue weighted by Gasteiger charge is -2.02. The number of halogens is 1. The second-order valence-electron chi connectivity index (χ2n) is 2.88. The number of carboxylic acids is 1. The number of carbonyl (C=O) groups is 1. The van der Waals surface area contributed by atoms with Crippen LogP contribution >= 0.6 is 15.9 Å². The lowest BCUT2D eigenvalue weighted by Crippen LogP contribution is -2.07. The summed E-state index contributed by atoms with van der Waals surface area (Å²) in [6, 6.07) is 0. The van der Waals surface area contributed by atoms with Gasteiger partial charge in [0, 0.05) is 26.3 Å². The number of aryl methyl sites for hydroxylation is 1. The van der Waals surface area contributed by atoms with Gasteiger partial charge in [-0.3, -0.25) is 0 Å². The van der Waals surface area contributed by atoms with Crippen molar-refractivity contribution in [2.24, 2.45) is 0 Å². The van der Waals surface area contributed by atoms with Crippen LogP contribution in [0.5, 0.6) is 0 Å². The molecule has 1 aromatic heterocycles. The highest BCUT2D eigenvalue weighted by Gasteiger charge is 2.11. The van der Waals surface area contributed by atoms with E-state index in [2.05, 4.69) is 25.9 Å². The Bertz CT molecular complexity index is 357. The van der Waals surface area contributed by atoms with Crippen LogP contribution < -0.4 is 0 Å². The summed E-state index contributed by atoms with van der Waals surface area (Å²) in [6.07, 6.45) is 2.84. The maximum Gasteiger partial charge on any atom is 0.355 e. The van der Waals surface area contributed by atoms with Crippen LogP contribution in [0.2, 0.25) is 0 Å². The first-order valence-electron chi connectivity index (χ1n) is 4.38. The Morgan fingerprint density at radius 3 is 3.00 bits per heavy atom. The van der Waals surface area contributed by atoms with Gasteiger partial charge in [0.1, 0.15) is 5.82 Å². The summed E-state index contributed by atoms with van der Waals surface area (Å²) < 4.78 is 5.28. The van der Waals surface area contributed by atoms with Crippen LogP contribution in [0.3, 0.4) is 0 Å². The number of rotatable bonds is 5. The summed E-state index contributed by atoms with van der Waals surface area (Å²) in [5, 5.41) is 8.82. The second kappa shape index (κ2) is 5.77. The fourth-order valence-corrected chi connectivity index (χ4v) is 1.41. The van der Waals surface area contributed by atoms with Gasteiger partial charge < -0.3 is 9.84 Å². The maximum absolute atomic E-state index is 10.8. The lowest BCUT2D eigenvalue weighted by atomic mass is 10.3. The number of methoxy groups -OCH3 is 1. The van der Waals surface area contributed by atoms with Crippen LogP contribution in [-0.4, -0.2) is 34.8 Å². The molecule has 6 heteroatoms. The van der Waals surface area contributed by atoms with Crippen molar-refractivity contribution < 1.29 is 14.6 Å². The predicted octanol–water partition coefficient (Wildman–Crippen LogP) is 1.52. The van der Waals surface area contributed by atoms with Gasteiger partial charge in [0.2, 0.25) is 0 Å². The molecule has 0 aliphatic carbocycles. The number of ether oxygens (including phenoxy) is 1. The zero-order valence-electron chi connectivity index (χ0n) is 8.23. The Morgan fingerprint density at radius 1 is 1.67 bits per heavy atom. The van der Waals surface area contributed by atoms with E-state index >= 15 is 0 Å². The summed E-state index contributed by atoms with van der Waals surface area (Å²) in [5.41, 5.74) is -0.00239. The number of nitrogens with zero attached hydrogens (tertiary/aromatic N) is 2. The average Bonchev–Trinajstić information content (AvgIpc) is 2.20. The van der Waals surface area contributed by atoms with Gasteiger partial charge in [-0.05, 0) is 22.4 Å².